The van der Waals surface area contributed by atoms with E-state index in [4.69, 9.17) is 11.6 Å². The summed E-state index contributed by atoms with van der Waals surface area (Å²) in [5, 5.41) is 9.14. The van der Waals surface area contributed by atoms with Crippen molar-refractivity contribution in [2.75, 3.05) is 0 Å². The molecular weight excluding hydrogens is 294 g/mol. The van der Waals surface area contributed by atoms with Crippen LogP contribution in [-0.4, -0.2) is 33.0 Å². The van der Waals surface area contributed by atoms with Crippen LogP contribution in [-0.2, 0) is 4.79 Å². The minimum atomic E-state index is -1.45. The van der Waals surface area contributed by atoms with Gasteiger partial charge in [-0.15, -0.1) is 0 Å². The van der Waals surface area contributed by atoms with Gasteiger partial charge in [0.2, 0.25) is 0 Å². The second-order valence-electron chi connectivity index (χ2n) is 3.99. The highest BCUT2D eigenvalue weighted by Gasteiger charge is 2.27. The van der Waals surface area contributed by atoms with Crippen molar-refractivity contribution >= 4 is 35.4 Å². The van der Waals surface area contributed by atoms with E-state index >= 15 is 0 Å². The number of hydrogen-bond acceptors (Lipinski definition) is 5. The Morgan fingerprint density at radius 3 is 2.57 bits per heavy atom. The summed E-state index contributed by atoms with van der Waals surface area (Å²) >= 11 is 5.80. The lowest BCUT2D eigenvalue weighted by Gasteiger charge is -2.07. The Morgan fingerprint density at radius 2 is 1.95 bits per heavy atom. The van der Waals surface area contributed by atoms with E-state index in [1.807, 2.05) is 0 Å². The van der Waals surface area contributed by atoms with Crippen molar-refractivity contribution in [2.24, 2.45) is 10.9 Å². The Bertz CT molecular complexity index is 689. The van der Waals surface area contributed by atoms with Crippen molar-refractivity contribution in [1.82, 2.24) is 9.97 Å². The van der Waals surface area contributed by atoms with E-state index in [2.05, 4.69) is 15.0 Å². The van der Waals surface area contributed by atoms with Crippen LogP contribution in [0.2, 0.25) is 5.15 Å². The SMILES string of the molecule is O=C(O)C(C=Nc1ccccn1)C(=O)c1cccnc1Cl. The van der Waals surface area contributed by atoms with Gasteiger partial charge < -0.3 is 5.11 Å². The van der Waals surface area contributed by atoms with Crippen LogP contribution in [0.25, 0.3) is 0 Å². The Hall–Kier alpha value is -2.60. The van der Waals surface area contributed by atoms with Crippen molar-refractivity contribution in [3.8, 4) is 0 Å². The second kappa shape index (κ2) is 6.71. The van der Waals surface area contributed by atoms with Gasteiger partial charge in [0.1, 0.15) is 5.15 Å². The minimum absolute atomic E-state index is 0.0408. The molecule has 2 heterocycles. The van der Waals surface area contributed by atoms with Crippen molar-refractivity contribution in [2.45, 2.75) is 0 Å². The fraction of sp³-hybridized carbons (Fsp3) is 0.0714. The number of rotatable bonds is 5. The molecule has 0 radical (unpaired) electrons. The first kappa shape index (κ1) is 14.8. The molecule has 0 saturated heterocycles. The van der Waals surface area contributed by atoms with Gasteiger partial charge in [-0.05, 0) is 24.3 Å². The number of hydrogen-bond donors (Lipinski definition) is 1. The van der Waals surface area contributed by atoms with E-state index in [1.54, 1.807) is 18.2 Å². The van der Waals surface area contributed by atoms with Crippen molar-refractivity contribution in [3.63, 3.8) is 0 Å². The van der Waals surface area contributed by atoms with Crippen LogP contribution in [0.1, 0.15) is 10.4 Å². The molecule has 0 bridgehead atoms. The van der Waals surface area contributed by atoms with Gasteiger partial charge in [0.05, 0.1) is 5.56 Å². The summed E-state index contributed by atoms with van der Waals surface area (Å²) in [7, 11) is 0. The fourth-order valence-corrected chi connectivity index (χ4v) is 1.77. The number of aromatic nitrogens is 2. The van der Waals surface area contributed by atoms with Crippen molar-refractivity contribution < 1.29 is 14.7 Å². The number of halogens is 1. The average Bonchev–Trinajstić information content (AvgIpc) is 2.48. The van der Waals surface area contributed by atoms with Crippen LogP contribution in [0.3, 0.4) is 0 Å². The maximum absolute atomic E-state index is 12.2. The molecule has 0 fully saturated rings. The molecule has 0 aliphatic heterocycles. The molecule has 1 atom stereocenters. The normalized spacial score (nSPS) is 12.2. The van der Waals surface area contributed by atoms with Gasteiger partial charge in [-0.1, -0.05) is 17.7 Å². The van der Waals surface area contributed by atoms with Crippen molar-refractivity contribution in [3.05, 3.63) is 53.4 Å². The maximum atomic E-state index is 12.2. The van der Waals surface area contributed by atoms with E-state index in [0.29, 0.717) is 5.82 Å². The molecular formula is C14H10ClN3O3. The molecule has 2 aromatic heterocycles. The number of carboxylic acid groups (broad SMARTS) is 1. The van der Waals surface area contributed by atoms with E-state index in [-0.39, 0.29) is 10.7 Å². The summed E-state index contributed by atoms with van der Waals surface area (Å²) in [6, 6.07) is 7.93. The molecule has 1 unspecified atom stereocenters. The molecule has 2 aromatic rings. The third kappa shape index (κ3) is 3.70. The van der Waals surface area contributed by atoms with Gasteiger partial charge in [0, 0.05) is 18.6 Å². The minimum Gasteiger partial charge on any atom is -0.480 e. The van der Waals surface area contributed by atoms with Gasteiger partial charge >= 0.3 is 5.97 Å². The molecule has 21 heavy (non-hydrogen) atoms. The van der Waals surface area contributed by atoms with E-state index in [0.717, 1.165) is 6.21 Å². The number of aliphatic imine (C=N–C) groups is 1. The average molecular weight is 304 g/mol. The lowest BCUT2D eigenvalue weighted by atomic mass is 10.00. The summed E-state index contributed by atoms with van der Waals surface area (Å²) in [5.74, 6) is -3.14. The molecule has 7 heteroatoms. The standard InChI is InChI=1S/C14H10ClN3O3/c15-13-9(4-3-7-17-13)12(19)10(14(20)21)8-18-11-5-1-2-6-16-11/h1-8,10H,(H,20,21). The number of carbonyl (C=O) groups excluding carboxylic acids is 1. The number of aliphatic carboxylic acids is 1. The molecule has 0 spiro atoms. The monoisotopic (exact) mass is 303 g/mol. The number of pyridine rings is 2. The molecule has 0 aliphatic carbocycles. The maximum Gasteiger partial charge on any atom is 0.319 e. The van der Waals surface area contributed by atoms with Gasteiger partial charge in [-0.3, -0.25) is 9.59 Å². The first-order valence-electron chi connectivity index (χ1n) is 5.92. The highest BCUT2D eigenvalue weighted by molar-refractivity contribution is 6.34. The highest BCUT2D eigenvalue weighted by Crippen LogP contribution is 2.17. The number of nitrogens with zero attached hydrogens (tertiary/aromatic N) is 3. The fourth-order valence-electron chi connectivity index (χ4n) is 1.56. The number of carbonyl (C=O) groups is 2. The Balaban J connectivity index is 2.28. The molecule has 0 aromatic carbocycles. The molecule has 1 N–H and O–H groups in total. The molecule has 0 aliphatic rings. The first-order valence-corrected chi connectivity index (χ1v) is 6.30. The smallest absolute Gasteiger partial charge is 0.319 e. The zero-order chi connectivity index (χ0) is 15.2. The van der Waals surface area contributed by atoms with E-state index in [9.17, 15) is 14.7 Å². The Kier molecular flexibility index (Phi) is 4.73. The van der Waals surface area contributed by atoms with E-state index in [1.165, 1.54) is 24.5 Å². The van der Waals surface area contributed by atoms with Crippen LogP contribution < -0.4 is 0 Å². The van der Waals surface area contributed by atoms with Crippen LogP contribution in [0.15, 0.2) is 47.7 Å². The summed E-state index contributed by atoms with van der Waals surface area (Å²) < 4.78 is 0. The molecule has 0 saturated carbocycles. The zero-order valence-electron chi connectivity index (χ0n) is 10.7. The molecule has 2 rings (SSSR count). The Morgan fingerprint density at radius 1 is 1.19 bits per heavy atom. The lowest BCUT2D eigenvalue weighted by molar-refractivity contribution is -0.137. The van der Waals surface area contributed by atoms with Gasteiger partial charge in [-0.25, -0.2) is 15.0 Å². The summed E-state index contributed by atoms with van der Waals surface area (Å²) in [6.07, 6.45) is 3.97. The third-order valence-corrected chi connectivity index (χ3v) is 2.88. The predicted molar refractivity (Wildman–Crippen MR) is 77.1 cm³/mol. The molecule has 0 amide bonds. The van der Waals surface area contributed by atoms with Crippen molar-refractivity contribution in [1.29, 1.82) is 0 Å². The molecule has 106 valence electrons. The zero-order valence-corrected chi connectivity index (χ0v) is 11.4. The van der Waals surface area contributed by atoms with Crippen LogP contribution in [0.5, 0.6) is 0 Å². The highest BCUT2D eigenvalue weighted by atomic mass is 35.5. The number of Topliss-reactive ketones (excluding diaryl/α,β-unsaturated/α-hetero) is 1. The summed E-state index contributed by atoms with van der Waals surface area (Å²) in [4.78, 5) is 35.0. The first-order chi connectivity index (χ1) is 10.1. The number of ketones is 1. The predicted octanol–water partition coefficient (Wildman–Crippen LogP) is 2.42. The van der Waals surface area contributed by atoms with E-state index < -0.39 is 17.7 Å². The van der Waals surface area contributed by atoms with Crippen LogP contribution in [0.4, 0.5) is 5.82 Å². The summed E-state index contributed by atoms with van der Waals surface area (Å²) in [5.41, 5.74) is 0.0408. The van der Waals surface area contributed by atoms with Gasteiger partial charge in [0.15, 0.2) is 17.5 Å². The summed E-state index contributed by atoms with van der Waals surface area (Å²) in [6.45, 7) is 0. The number of carboxylic acids is 1. The Labute approximate surface area is 125 Å². The van der Waals surface area contributed by atoms with Crippen LogP contribution >= 0.6 is 11.6 Å². The van der Waals surface area contributed by atoms with Crippen LogP contribution in [0, 0.1) is 5.92 Å². The quantitative estimate of drug-likeness (QED) is 0.396. The largest absolute Gasteiger partial charge is 0.480 e. The topological polar surface area (TPSA) is 92.5 Å². The van der Waals surface area contributed by atoms with Gasteiger partial charge in [-0.2, -0.15) is 0 Å². The second-order valence-corrected chi connectivity index (χ2v) is 4.35. The molecule has 6 nitrogen and oxygen atoms in total. The lowest BCUT2D eigenvalue weighted by Crippen LogP contribution is -2.25. The third-order valence-electron chi connectivity index (χ3n) is 2.58. The van der Waals surface area contributed by atoms with Gasteiger partial charge in [0.25, 0.3) is 0 Å².